The average molecular weight is 381 g/mol. The van der Waals surface area contributed by atoms with Gasteiger partial charge in [0.15, 0.2) is 12.4 Å². The first-order valence-electron chi connectivity index (χ1n) is 9.15. The van der Waals surface area contributed by atoms with Crippen molar-refractivity contribution in [3.63, 3.8) is 0 Å². The quantitative estimate of drug-likeness (QED) is 0.648. The van der Waals surface area contributed by atoms with Crippen LogP contribution in [-0.2, 0) is 11.3 Å². The molecule has 0 aliphatic heterocycles. The number of hydrogen-bond donors (Lipinski definition) is 1. The van der Waals surface area contributed by atoms with Crippen molar-refractivity contribution in [1.82, 2.24) is 15.1 Å². The van der Waals surface area contributed by atoms with Gasteiger partial charge >= 0.3 is 0 Å². The molecule has 0 unspecified atom stereocenters. The number of amides is 1. The molecule has 0 radical (unpaired) electrons. The van der Waals surface area contributed by atoms with Crippen LogP contribution in [0.5, 0.6) is 5.75 Å². The first kappa shape index (κ1) is 19.4. The summed E-state index contributed by atoms with van der Waals surface area (Å²) >= 11 is 0. The highest BCUT2D eigenvalue weighted by atomic mass is 16.5. The van der Waals surface area contributed by atoms with Crippen molar-refractivity contribution < 1.29 is 13.9 Å². The maximum Gasteiger partial charge on any atom is 0.266 e. The van der Waals surface area contributed by atoms with Gasteiger partial charge in [-0.3, -0.25) is 9.59 Å². The van der Waals surface area contributed by atoms with E-state index < -0.39 is 0 Å². The molecule has 2 aromatic heterocycles. The summed E-state index contributed by atoms with van der Waals surface area (Å²) in [4.78, 5) is 24.0. The van der Waals surface area contributed by atoms with E-state index in [1.165, 1.54) is 10.7 Å². The SMILES string of the molecule is CC(C)c1ccccc1OCC(=O)NCCn1nc(-c2ccco2)ccc1=O. The van der Waals surface area contributed by atoms with Crippen LogP contribution < -0.4 is 15.6 Å². The second-order valence-corrected chi connectivity index (χ2v) is 6.59. The number of para-hydroxylation sites is 1. The van der Waals surface area contributed by atoms with Gasteiger partial charge in [-0.25, -0.2) is 4.68 Å². The molecule has 1 amide bonds. The first-order chi connectivity index (χ1) is 13.5. The number of nitrogens with one attached hydrogen (secondary N) is 1. The lowest BCUT2D eigenvalue weighted by Gasteiger charge is -2.13. The Hall–Kier alpha value is -3.35. The zero-order valence-corrected chi connectivity index (χ0v) is 15.9. The van der Waals surface area contributed by atoms with E-state index in [0.29, 0.717) is 23.1 Å². The van der Waals surface area contributed by atoms with Gasteiger partial charge < -0.3 is 14.5 Å². The van der Waals surface area contributed by atoms with Crippen molar-refractivity contribution >= 4 is 5.91 Å². The average Bonchev–Trinajstić information content (AvgIpc) is 3.23. The zero-order chi connectivity index (χ0) is 19.9. The van der Waals surface area contributed by atoms with Gasteiger partial charge in [0.25, 0.3) is 11.5 Å². The Labute approximate surface area is 162 Å². The van der Waals surface area contributed by atoms with Crippen molar-refractivity contribution in [3.05, 3.63) is 70.7 Å². The molecule has 0 saturated heterocycles. The van der Waals surface area contributed by atoms with E-state index in [1.54, 1.807) is 24.5 Å². The molecule has 0 aliphatic rings. The Morgan fingerprint density at radius 2 is 2.00 bits per heavy atom. The molecule has 146 valence electrons. The highest BCUT2D eigenvalue weighted by molar-refractivity contribution is 5.77. The molecular weight excluding hydrogens is 358 g/mol. The van der Waals surface area contributed by atoms with Crippen molar-refractivity contribution in [3.8, 4) is 17.2 Å². The minimum Gasteiger partial charge on any atom is -0.483 e. The number of carbonyl (C=O) groups excluding carboxylic acids is 1. The predicted octanol–water partition coefficient (Wildman–Crippen LogP) is 2.82. The van der Waals surface area contributed by atoms with E-state index >= 15 is 0 Å². The summed E-state index contributed by atoms with van der Waals surface area (Å²) in [5.74, 6) is 1.33. The molecule has 3 rings (SSSR count). The number of hydrogen-bond acceptors (Lipinski definition) is 5. The monoisotopic (exact) mass is 381 g/mol. The van der Waals surface area contributed by atoms with E-state index in [1.807, 2.05) is 24.3 Å². The third kappa shape index (κ3) is 4.88. The normalized spacial score (nSPS) is 10.8. The number of rotatable bonds is 8. The van der Waals surface area contributed by atoms with Crippen LogP contribution in [0.1, 0.15) is 25.3 Å². The lowest BCUT2D eigenvalue weighted by molar-refractivity contribution is -0.123. The maximum absolute atomic E-state index is 12.1. The van der Waals surface area contributed by atoms with Gasteiger partial charge in [0.1, 0.15) is 11.4 Å². The summed E-state index contributed by atoms with van der Waals surface area (Å²) in [6.07, 6.45) is 1.55. The predicted molar refractivity (Wildman–Crippen MR) is 105 cm³/mol. The molecule has 0 atom stereocenters. The molecule has 0 fully saturated rings. The standard InChI is InChI=1S/C21H23N3O4/c1-15(2)16-6-3-4-7-18(16)28-14-20(25)22-11-12-24-21(26)10-9-17(23-24)19-8-5-13-27-19/h3-10,13,15H,11-12,14H2,1-2H3,(H,22,25). The number of aromatic nitrogens is 2. The number of furan rings is 1. The van der Waals surface area contributed by atoms with Crippen molar-refractivity contribution in [2.45, 2.75) is 26.3 Å². The molecule has 1 aromatic carbocycles. The molecule has 3 aromatic rings. The Balaban J connectivity index is 1.52. The van der Waals surface area contributed by atoms with Gasteiger partial charge in [0.2, 0.25) is 0 Å². The molecule has 0 spiro atoms. The van der Waals surface area contributed by atoms with Crippen molar-refractivity contribution in [2.24, 2.45) is 0 Å². The van der Waals surface area contributed by atoms with Crippen LogP contribution in [0.3, 0.4) is 0 Å². The highest BCUT2D eigenvalue weighted by Gasteiger charge is 2.10. The van der Waals surface area contributed by atoms with Gasteiger partial charge in [-0.1, -0.05) is 32.0 Å². The highest BCUT2D eigenvalue weighted by Crippen LogP contribution is 2.25. The molecule has 28 heavy (non-hydrogen) atoms. The molecule has 0 aliphatic carbocycles. The van der Waals surface area contributed by atoms with Crippen molar-refractivity contribution in [1.29, 1.82) is 0 Å². The van der Waals surface area contributed by atoms with E-state index in [0.717, 1.165) is 5.56 Å². The fraction of sp³-hybridized carbons (Fsp3) is 0.286. The van der Waals surface area contributed by atoms with Crippen LogP contribution in [0.25, 0.3) is 11.5 Å². The Morgan fingerprint density at radius 1 is 1.18 bits per heavy atom. The van der Waals surface area contributed by atoms with Gasteiger partial charge in [0.05, 0.1) is 12.8 Å². The number of ether oxygens (including phenoxy) is 1. The Kier molecular flexibility index (Phi) is 6.26. The van der Waals surface area contributed by atoms with Crippen LogP contribution in [0.4, 0.5) is 0 Å². The molecule has 1 N–H and O–H groups in total. The zero-order valence-electron chi connectivity index (χ0n) is 15.9. The molecule has 7 heteroatoms. The molecule has 0 bridgehead atoms. The van der Waals surface area contributed by atoms with Crippen molar-refractivity contribution in [2.75, 3.05) is 13.2 Å². The molecule has 7 nitrogen and oxygen atoms in total. The summed E-state index contributed by atoms with van der Waals surface area (Å²) < 4.78 is 12.2. The number of benzene rings is 1. The molecule has 2 heterocycles. The first-order valence-corrected chi connectivity index (χ1v) is 9.15. The summed E-state index contributed by atoms with van der Waals surface area (Å²) in [5.41, 5.74) is 1.37. The number of nitrogens with zero attached hydrogens (tertiary/aromatic N) is 2. The van der Waals surface area contributed by atoms with E-state index in [4.69, 9.17) is 9.15 Å². The molecule has 0 saturated carbocycles. The van der Waals surface area contributed by atoms with E-state index in [2.05, 4.69) is 24.3 Å². The largest absolute Gasteiger partial charge is 0.483 e. The van der Waals surface area contributed by atoms with E-state index in [-0.39, 0.29) is 31.2 Å². The fourth-order valence-corrected chi connectivity index (χ4v) is 2.75. The number of carbonyl (C=O) groups is 1. The maximum atomic E-state index is 12.1. The van der Waals surface area contributed by atoms with Crippen LogP contribution in [-0.4, -0.2) is 28.8 Å². The van der Waals surface area contributed by atoms with Crippen LogP contribution >= 0.6 is 0 Å². The third-order valence-corrected chi connectivity index (χ3v) is 4.19. The summed E-state index contributed by atoms with van der Waals surface area (Å²) in [6.45, 7) is 4.58. The van der Waals surface area contributed by atoms with Crippen LogP contribution in [0, 0.1) is 0 Å². The second-order valence-electron chi connectivity index (χ2n) is 6.59. The summed E-state index contributed by atoms with van der Waals surface area (Å²) in [7, 11) is 0. The van der Waals surface area contributed by atoms with Gasteiger partial charge in [0, 0.05) is 12.6 Å². The van der Waals surface area contributed by atoms with E-state index in [9.17, 15) is 9.59 Å². The third-order valence-electron chi connectivity index (χ3n) is 4.19. The summed E-state index contributed by atoms with van der Waals surface area (Å²) in [6, 6.07) is 14.2. The Bertz CT molecular complexity index is 977. The minimum absolute atomic E-state index is 0.0848. The van der Waals surface area contributed by atoms with Gasteiger partial charge in [-0.15, -0.1) is 0 Å². The van der Waals surface area contributed by atoms with Gasteiger partial charge in [-0.05, 0) is 35.7 Å². The topological polar surface area (TPSA) is 86.4 Å². The minimum atomic E-state index is -0.256. The fourth-order valence-electron chi connectivity index (χ4n) is 2.75. The van der Waals surface area contributed by atoms with Crippen LogP contribution in [0.15, 0.2) is 64.0 Å². The van der Waals surface area contributed by atoms with Crippen LogP contribution in [0.2, 0.25) is 0 Å². The smallest absolute Gasteiger partial charge is 0.266 e. The molecular formula is C21H23N3O4. The van der Waals surface area contributed by atoms with Gasteiger partial charge in [-0.2, -0.15) is 5.10 Å². The Morgan fingerprint density at radius 3 is 2.75 bits per heavy atom. The second kappa shape index (κ2) is 9.03. The summed E-state index contributed by atoms with van der Waals surface area (Å²) in [5, 5.41) is 7.01. The lowest BCUT2D eigenvalue weighted by Crippen LogP contribution is -2.34. The lowest BCUT2D eigenvalue weighted by atomic mass is 10.0.